The number of carbonyl (C=O) groups excluding carboxylic acids is 1. The Hall–Kier alpha value is -1.62. The van der Waals surface area contributed by atoms with E-state index in [-0.39, 0.29) is 17.8 Å². The van der Waals surface area contributed by atoms with Crippen LogP contribution in [0.2, 0.25) is 0 Å². The van der Waals surface area contributed by atoms with Crippen molar-refractivity contribution in [3.8, 4) is 0 Å². The molecule has 0 N–H and O–H groups in total. The van der Waals surface area contributed by atoms with Crippen LogP contribution in [0.3, 0.4) is 0 Å². The molecule has 0 radical (unpaired) electrons. The lowest BCUT2D eigenvalue weighted by Gasteiger charge is -2.01. The fraction of sp³-hybridized carbons (Fsp3) is 0.0833. The summed E-state index contributed by atoms with van der Waals surface area (Å²) in [6, 6.07) is 4.89. The second kappa shape index (κ2) is 5.14. The zero-order valence-corrected chi connectivity index (χ0v) is 10.3. The fourth-order valence-electron chi connectivity index (χ4n) is 1.37. The summed E-state index contributed by atoms with van der Waals surface area (Å²) < 4.78 is 14.1. The van der Waals surface area contributed by atoms with Crippen molar-refractivity contribution in [2.24, 2.45) is 0 Å². The Morgan fingerprint density at radius 3 is 2.76 bits per heavy atom. The number of hydrogen-bond donors (Lipinski definition) is 0. The van der Waals surface area contributed by atoms with E-state index < -0.39 is 5.82 Å². The topological polar surface area (TPSA) is 42.9 Å². The second-order valence-electron chi connectivity index (χ2n) is 3.42. The van der Waals surface area contributed by atoms with Crippen molar-refractivity contribution >= 4 is 21.7 Å². The van der Waals surface area contributed by atoms with Crippen molar-refractivity contribution in [3.05, 3.63) is 58.3 Å². The molecule has 0 atom stereocenters. The molecule has 2 rings (SSSR count). The standard InChI is InChI=1S/C12H8BrFN2O/c13-8-1-2-9(16-6-8)5-12(17)10-3-4-15-7-11(10)14/h1-4,6-7H,5H2. The molecule has 0 saturated carbocycles. The number of carbonyl (C=O) groups is 1. The Kier molecular flexibility index (Phi) is 3.58. The molecule has 0 saturated heterocycles. The molecule has 3 nitrogen and oxygen atoms in total. The van der Waals surface area contributed by atoms with Crippen LogP contribution in [0.4, 0.5) is 4.39 Å². The maximum absolute atomic E-state index is 13.3. The Labute approximate surface area is 106 Å². The molecule has 86 valence electrons. The van der Waals surface area contributed by atoms with Gasteiger partial charge in [-0.15, -0.1) is 0 Å². The third kappa shape index (κ3) is 2.94. The fourth-order valence-corrected chi connectivity index (χ4v) is 1.61. The number of hydrogen-bond acceptors (Lipinski definition) is 3. The normalized spacial score (nSPS) is 10.2. The maximum atomic E-state index is 13.3. The summed E-state index contributed by atoms with van der Waals surface area (Å²) in [5.41, 5.74) is 0.652. The smallest absolute Gasteiger partial charge is 0.171 e. The molecule has 0 aliphatic rings. The van der Waals surface area contributed by atoms with Crippen LogP contribution in [-0.2, 0) is 6.42 Å². The van der Waals surface area contributed by atoms with Crippen LogP contribution in [0.1, 0.15) is 16.1 Å². The number of ketones is 1. The maximum Gasteiger partial charge on any atom is 0.171 e. The largest absolute Gasteiger partial charge is 0.294 e. The Morgan fingerprint density at radius 1 is 1.29 bits per heavy atom. The van der Waals surface area contributed by atoms with Gasteiger partial charge in [-0.1, -0.05) is 0 Å². The van der Waals surface area contributed by atoms with Gasteiger partial charge in [-0.05, 0) is 34.1 Å². The molecule has 17 heavy (non-hydrogen) atoms. The zero-order valence-electron chi connectivity index (χ0n) is 8.73. The first-order chi connectivity index (χ1) is 8.16. The quantitative estimate of drug-likeness (QED) is 0.818. The lowest BCUT2D eigenvalue weighted by atomic mass is 10.1. The number of rotatable bonds is 3. The summed E-state index contributed by atoms with van der Waals surface area (Å²) in [6.07, 6.45) is 4.10. The first-order valence-electron chi connectivity index (χ1n) is 4.90. The zero-order chi connectivity index (χ0) is 12.3. The van der Waals surface area contributed by atoms with E-state index in [2.05, 4.69) is 25.9 Å². The van der Waals surface area contributed by atoms with Crippen LogP contribution in [0.15, 0.2) is 41.3 Å². The number of aromatic nitrogens is 2. The van der Waals surface area contributed by atoms with E-state index in [0.717, 1.165) is 10.7 Å². The molecule has 0 unspecified atom stereocenters. The van der Waals surface area contributed by atoms with Crippen molar-refractivity contribution in [1.29, 1.82) is 0 Å². The van der Waals surface area contributed by atoms with E-state index in [1.165, 1.54) is 12.3 Å². The van der Waals surface area contributed by atoms with Gasteiger partial charge in [0.2, 0.25) is 0 Å². The van der Waals surface area contributed by atoms with Crippen molar-refractivity contribution in [2.45, 2.75) is 6.42 Å². The van der Waals surface area contributed by atoms with Crippen LogP contribution < -0.4 is 0 Å². The van der Waals surface area contributed by atoms with E-state index in [9.17, 15) is 9.18 Å². The van der Waals surface area contributed by atoms with Crippen LogP contribution in [0.5, 0.6) is 0 Å². The first kappa shape index (κ1) is 11.9. The highest BCUT2D eigenvalue weighted by Gasteiger charge is 2.12. The average molecular weight is 295 g/mol. The second-order valence-corrected chi connectivity index (χ2v) is 4.34. The highest BCUT2D eigenvalue weighted by molar-refractivity contribution is 9.10. The summed E-state index contributed by atoms with van der Waals surface area (Å²) in [4.78, 5) is 19.5. The lowest BCUT2D eigenvalue weighted by molar-refractivity contribution is 0.0988. The summed E-state index contributed by atoms with van der Waals surface area (Å²) in [7, 11) is 0. The van der Waals surface area contributed by atoms with Gasteiger partial charge in [-0.2, -0.15) is 0 Å². The predicted octanol–water partition coefficient (Wildman–Crippen LogP) is 2.80. The number of halogens is 2. The molecule has 0 aliphatic heterocycles. The van der Waals surface area contributed by atoms with Crippen molar-refractivity contribution in [2.75, 3.05) is 0 Å². The molecule has 2 aromatic rings. The number of nitrogens with zero attached hydrogens (tertiary/aromatic N) is 2. The van der Waals surface area contributed by atoms with Gasteiger partial charge in [0.25, 0.3) is 0 Å². The average Bonchev–Trinajstić information content (AvgIpc) is 2.32. The number of pyridine rings is 2. The highest BCUT2D eigenvalue weighted by Crippen LogP contribution is 2.11. The Bertz CT molecular complexity index is 542. The molecular weight excluding hydrogens is 287 g/mol. The minimum atomic E-state index is -0.602. The first-order valence-corrected chi connectivity index (χ1v) is 5.69. The van der Waals surface area contributed by atoms with E-state index in [4.69, 9.17) is 0 Å². The van der Waals surface area contributed by atoms with Gasteiger partial charge in [0, 0.05) is 22.6 Å². The Morgan fingerprint density at radius 2 is 2.12 bits per heavy atom. The van der Waals surface area contributed by atoms with Gasteiger partial charge >= 0.3 is 0 Å². The van der Waals surface area contributed by atoms with E-state index in [1.807, 2.05) is 0 Å². The third-order valence-corrected chi connectivity index (χ3v) is 2.67. The molecule has 0 fully saturated rings. The summed E-state index contributed by atoms with van der Waals surface area (Å²) in [5.74, 6) is -0.908. The van der Waals surface area contributed by atoms with Gasteiger partial charge in [0.05, 0.1) is 18.2 Å². The Balaban J connectivity index is 2.17. The summed E-state index contributed by atoms with van der Waals surface area (Å²) >= 11 is 3.25. The van der Waals surface area contributed by atoms with Crippen LogP contribution in [0, 0.1) is 5.82 Å². The molecule has 0 aromatic carbocycles. The van der Waals surface area contributed by atoms with Gasteiger partial charge in [0.1, 0.15) is 0 Å². The summed E-state index contributed by atoms with van der Waals surface area (Å²) in [6.45, 7) is 0. The highest BCUT2D eigenvalue weighted by atomic mass is 79.9. The summed E-state index contributed by atoms with van der Waals surface area (Å²) in [5, 5.41) is 0. The van der Waals surface area contributed by atoms with Gasteiger partial charge in [-0.3, -0.25) is 14.8 Å². The minimum absolute atomic E-state index is 0.0460. The van der Waals surface area contributed by atoms with Gasteiger partial charge < -0.3 is 0 Å². The molecule has 2 aromatic heterocycles. The van der Waals surface area contributed by atoms with Crippen LogP contribution in [-0.4, -0.2) is 15.8 Å². The lowest BCUT2D eigenvalue weighted by Crippen LogP contribution is -2.07. The molecule has 0 spiro atoms. The van der Waals surface area contributed by atoms with Crippen molar-refractivity contribution in [1.82, 2.24) is 9.97 Å². The van der Waals surface area contributed by atoms with E-state index in [0.29, 0.717) is 5.69 Å². The predicted molar refractivity (Wildman–Crippen MR) is 64.2 cm³/mol. The minimum Gasteiger partial charge on any atom is -0.294 e. The molecular formula is C12H8BrFN2O. The number of Topliss-reactive ketones (excluding diaryl/α,β-unsaturated/α-hetero) is 1. The van der Waals surface area contributed by atoms with Crippen molar-refractivity contribution in [3.63, 3.8) is 0 Å². The van der Waals surface area contributed by atoms with Gasteiger partial charge in [-0.25, -0.2) is 4.39 Å². The molecule has 5 heteroatoms. The molecule has 2 heterocycles. The van der Waals surface area contributed by atoms with Crippen LogP contribution in [0.25, 0.3) is 0 Å². The van der Waals surface area contributed by atoms with E-state index >= 15 is 0 Å². The van der Waals surface area contributed by atoms with Crippen molar-refractivity contribution < 1.29 is 9.18 Å². The third-order valence-electron chi connectivity index (χ3n) is 2.20. The molecule has 0 bridgehead atoms. The molecule has 0 aliphatic carbocycles. The molecule has 0 amide bonds. The van der Waals surface area contributed by atoms with Gasteiger partial charge in [0.15, 0.2) is 11.6 Å². The SMILES string of the molecule is O=C(Cc1ccc(Br)cn1)c1ccncc1F. The van der Waals surface area contributed by atoms with E-state index in [1.54, 1.807) is 18.3 Å². The van der Waals surface area contributed by atoms with Crippen LogP contribution >= 0.6 is 15.9 Å². The monoisotopic (exact) mass is 294 g/mol.